The van der Waals surface area contributed by atoms with E-state index in [0.717, 1.165) is 0 Å². The summed E-state index contributed by atoms with van der Waals surface area (Å²) >= 11 is 0. The zero-order valence-corrected chi connectivity index (χ0v) is 5.35. The molecule has 0 spiro atoms. The Morgan fingerprint density at radius 3 is 2.60 bits per heavy atom. The minimum Gasteiger partial charge on any atom is -0.244 e. The third-order valence-corrected chi connectivity index (χ3v) is 1.25. The molecule has 1 aromatic carbocycles. The number of benzene rings is 1. The molecule has 0 N–H and O–H groups in total. The van der Waals surface area contributed by atoms with Crippen LogP contribution in [0.3, 0.4) is 0 Å². The molecular formula is C8H7F2. The van der Waals surface area contributed by atoms with Crippen molar-refractivity contribution in [3.63, 3.8) is 0 Å². The average molecular weight is 141 g/mol. The Labute approximate surface area is 58.5 Å². The number of hydrogen-bond donors (Lipinski definition) is 0. The highest BCUT2D eigenvalue weighted by Gasteiger charge is 1.98. The summed E-state index contributed by atoms with van der Waals surface area (Å²) in [5.74, 6) is -0.351. The first-order valence-electron chi connectivity index (χ1n) is 3.00. The standard InChI is InChI=1S/C8H7F2/c9-6-5-7-3-1-2-4-8(7)10/h1-4,6H,5H2. The molecule has 0 nitrogen and oxygen atoms in total. The molecule has 1 radical (unpaired) electrons. The third-order valence-electron chi connectivity index (χ3n) is 1.25. The summed E-state index contributed by atoms with van der Waals surface area (Å²) in [4.78, 5) is 0. The lowest BCUT2D eigenvalue weighted by atomic mass is 10.1. The highest BCUT2D eigenvalue weighted by atomic mass is 19.1. The number of halogens is 2. The molecular weight excluding hydrogens is 134 g/mol. The molecule has 1 aromatic rings. The van der Waals surface area contributed by atoms with E-state index >= 15 is 0 Å². The molecule has 0 saturated heterocycles. The first-order chi connectivity index (χ1) is 4.84. The van der Waals surface area contributed by atoms with Crippen molar-refractivity contribution in [1.29, 1.82) is 0 Å². The molecule has 0 heterocycles. The topological polar surface area (TPSA) is 0 Å². The van der Waals surface area contributed by atoms with Gasteiger partial charge < -0.3 is 0 Å². The van der Waals surface area contributed by atoms with E-state index in [-0.39, 0.29) is 12.2 Å². The van der Waals surface area contributed by atoms with Crippen LogP contribution in [0.1, 0.15) is 5.56 Å². The molecule has 10 heavy (non-hydrogen) atoms. The normalized spacial score (nSPS) is 9.80. The molecule has 0 atom stereocenters. The Hall–Kier alpha value is -0.920. The van der Waals surface area contributed by atoms with E-state index in [1.165, 1.54) is 6.07 Å². The molecule has 0 saturated carbocycles. The van der Waals surface area contributed by atoms with Gasteiger partial charge >= 0.3 is 0 Å². The van der Waals surface area contributed by atoms with Gasteiger partial charge in [0.1, 0.15) is 12.5 Å². The van der Waals surface area contributed by atoms with Crippen LogP contribution < -0.4 is 0 Å². The van der Waals surface area contributed by atoms with Gasteiger partial charge in [-0.3, -0.25) is 0 Å². The van der Waals surface area contributed by atoms with Crippen molar-refractivity contribution < 1.29 is 8.78 Å². The van der Waals surface area contributed by atoms with Gasteiger partial charge in [-0.2, -0.15) is 0 Å². The minimum atomic E-state index is -0.351. The maximum Gasteiger partial charge on any atom is 0.136 e. The zero-order valence-electron chi connectivity index (χ0n) is 5.35. The van der Waals surface area contributed by atoms with Gasteiger partial charge in [-0.05, 0) is 11.6 Å². The summed E-state index contributed by atoms with van der Waals surface area (Å²) in [5, 5.41) is 0. The molecule has 1 rings (SSSR count). The Balaban J connectivity index is 2.81. The maximum atomic E-state index is 12.6. The fraction of sp³-hybridized carbons (Fsp3) is 0.125. The molecule has 0 aliphatic heterocycles. The zero-order chi connectivity index (χ0) is 7.40. The van der Waals surface area contributed by atoms with Crippen molar-refractivity contribution in [2.75, 3.05) is 0 Å². The number of hydrogen-bond acceptors (Lipinski definition) is 0. The number of rotatable bonds is 2. The highest BCUT2D eigenvalue weighted by Crippen LogP contribution is 2.07. The Morgan fingerprint density at radius 2 is 2.00 bits per heavy atom. The van der Waals surface area contributed by atoms with Crippen molar-refractivity contribution >= 4 is 0 Å². The van der Waals surface area contributed by atoms with Gasteiger partial charge in [0.05, 0.1) is 0 Å². The van der Waals surface area contributed by atoms with Gasteiger partial charge in [0.25, 0.3) is 0 Å². The van der Waals surface area contributed by atoms with Crippen LogP contribution in [0.25, 0.3) is 0 Å². The monoisotopic (exact) mass is 141 g/mol. The summed E-state index contributed by atoms with van der Waals surface area (Å²) in [7, 11) is 0. The highest BCUT2D eigenvalue weighted by molar-refractivity contribution is 5.18. The molecule has 0 bridgehead atoms. The lowest BCUT2D eigenvalue weighted by molar-refractivity contribution is 0.571. The van der Waals surface area contributed by atoms with Crippen LogP contribution in [0, 0.1) is 12.5 Å². The van der Waals surface area contributed by atoms with Gasteiger partial charge in [0.15, 0.2) is 0 Å². The van der Waals surface area contributed by atoms with Crippen LogP contribution >= 0.6 is 0 Å². The van der Waals surface area contributed by atoms with Gasteiger partial charge in [-0.15, -0.1) is 0 Å². The fourth-order valence-electron chi connectivity index (χ4n) is 0.747. The van der Waals surface area contributed by atoms with Crippen molar-refractivity contribution in [2.24, 2.45) is 0 Å². The van der Waals surface area contributed by atoms with Crippen LogP contribution in [0.15, 0.2) is 24.3 Å². The van der Waals surface area contributed by atoms with E-state index in [1.54, 1.807) is 18.2 Å². The molecule has 0 unspecified atom stereocenters. The molecule has 53 valence electrons. The van der Waals surface area contributed by atoms with Crippen LogP contribution in [0.5, 0.6) is 0 Å². The molecule has 0 amide bonds. The molecule has 0 aliphatic carbocycles. The van der Waals surface area contributed by atoms with E-state index < -0.39 is 0 Å². The average Bonchev–Trinajstić information content (AvgIpc) is 1.94. The van der Waals surface area contributed by atoms with Gasteiger partial charge in [0.2, 0.25) is 0 Å². The predicted molar refractivity (Wildman–Crippen MR) is 35.5 cm³/mol. The van der Waals surface area contributed by atoms with Gasteiger partial charge in [-0.1, -0.05) is 18.2 Å². The second kappa shape index (κ2) is 3.30. The first kappa shape index (κ1) is 7.19. The summed E-state index contributed by atoms with van der Waals surface area (Å²) in [6.45, 7) is 0.443. The summed E-state index contributed by atoms with van der Waals surface area (Å²) < 4.78 is 24.2. The summed E-state index contributed by atoms with van der Waals surface area (Å²) in [6.07, 6.45) is 0.0483. The fourth-order valence-corrected chi connectivity index (χ4v) is 0.747. The van der Waals surface area contributed by atoms with E-state index in [2.05, 4.69) is 0 Å². The maximum absolute atomic E-state index is 12.6. The largest absolute Gasteiger partial charge is 0.244 e. The quantitative estimate of drug-likeness (QED) is 0.593. The molecule has 0 aliphatic rings. The summed E-state index contributed by atoms with van der Waals surface area (Å²) in [6, 6.07) is 6.14. The van der Waals surface area contributed by atoms with Crippen molar-refractivity contribution in [3.05, 3.63) is 42.3 Å². The predicted octanol–water partition coefficient (Wildman–Crippen LogP) is 2.50. The van der Waals surface area contributed by atoms with Crippen LogP contribution in [-0.2, 0) is 6.42 Å². The van der Waals surface area contributed by atoms with E-state index in [9.17, 15) is 8.78 Å². The summed E-state index contributed by atoms with van der Waals surface area (Å²) in [5.41, 5.74) is 0.394. The van der Waals surface area contributed by atoms with Gasteiger partial charge in [0, 0.05) is 6.42 Å². The van der Waals surface area contributed by atoms with Crippen LogP contribution in [0.4, 0.5) is 8.78 Å². The van der Waals surface area contributed by atoms with E-state index in [0.29, 0.717) is 12.2 Å². The Bertz CT molecular complexity index is 208. The lowest BCUT2D eigenvalue weighted by Gasteiger charge is -1.96. The third kappa shape index (κ3) is 1.53. The molecule has 0 aromatic heterocycles. The van der Waals surface area contributed by atoms with Gasteiger partial charge in [-0.25, -0.2) is 8.78 Å². The van der Waals surface area contributed by atoms with Crippen molar-refractivity contribution in [1.82, 2.24) is 0 Å². The minimum absolute atomic E-state index is 0.0483. The Kier molecular flexibility index (Phi) is 2.37. The second-order valence-electron chi connectivity index (χ2n) is 1.95. The van der Waals surface area contributed by atoms with Crippen LogP contribution in [-0.4, -0.2) is 0 Å². The first-order valence-corrected chi connectivity index (χ1v) is 3.00. The molecule has 2 heteroatoms. The van der Waals surface area contributed by atoms with Crippen molar-refractivity contribution in [2.45, 2.75) is 6.42 Å². The van der Waals surface area contributed by atoms with Crippen molar-refractivity contribution in [3.8, 4) is 0 Å². The lowest BCUT2D eigenvalue weighted by Crippen LogP contribution is -1.87. The smallest absolute Gasteiger partial charge is 0.136 e. The second-order valence-corrected chi connectivity index (χ2v) is 1.95. The SMILES string of the molecule is F[CH]Cc1ccccc1F. The molecule has 0 fully saturated rings. The Morgan fingerprint density at radius 1 is 1.30 bits per heavy atom. The van der Waals surface area contributed by atoms with Crippen LogP contribution in [0.2, 0.25) is 0 Å². The van der Waals surface area contributed by atoms with E-state index in [1.807, 2.05) is 0 Å². The van der Waals surface area contributed by atoms with E-state index in [4.69, 9.17) is 0 Å².